The summed E-state index contributed by atoms with van der Waals surface area (Å²) < 4.78 is 0. The van der Waals surface area contributed by atoms with E-state index < -0.39 is 0 Å². The molecular formula is C24H30N2O2S. The van der Waals surface area contributed by atoms with Crippen LogP contribution in [0.1, 0.15) is 52.4 Å². The molecule has 0 spiro atoms. The number of anilines is 2. The fraction of sp³-hybridized carbons (Fsp3) is 0.417. The third-order valence-electron chi connectivity index (χ3n) is 5.60. The minimum Gasteiger partial charge on any atom is -0.325 e. The Bertz CT molecular complexity index is 830. The van der Waals surface area contributed by atoms with E-state index in [1.54, 1.807) is 0 Å². The lowest BCUT2D eigenvalue weighted by molar-refractivity contribution is -0.125. The Morgan fingerprint density at radius 1 is 0.966 bits per heavy atom. The van der Waals surface area contributed by atoms with Crippen molar-refractivity contribution < 1.29 is 9.59 Å². The van der Waals surface area contributed by atoms with Gasteiger partial charge in [-0.25, -0.2) is 0 Å². The molecule has 0 heterocycles. The number of hydrogen-bond acceptors (Lipinski definition) is 3. The van der Waals surface area contributed by atoms with Crippen molar-refractivity contribution in [3.05, 3.63) is 54.6 Å². The zero-order valence-corrected chi connectivity index (χ0v) is 18.1. The van der Waals surface area contributed by atoms with E-state index in [0.717, 1.165) is 60.9 Å². The quantitative estimate of drug-likeness (QED) is 0.486. The minimum absolute atomic E-state index is 0.104. The SMILES string of the molecule is CC(C)CCC1(C(=O)Nc2ccccc2SC(=O)Nc2ccccc2)CCCC1. The number of amides is 2. The van der Waals surface area contributed by atoms with E-state index in [9.17, 15) is 9.59 Å². The monoisotopic (exact) mass is 410 g/mol. The van der Waals surface area contributed by atoms with Crippen LogP contribution in [0.25, 0.3) is 0 Å². The Morgan fingerprint density at radius 3 is 2.31 bits per heavy atom. The number of nitrogens with one attached hydrogen (secondary N) is 2. The molecule has 0 aliphatic heterocycles. The van der Waals surface area contributed by atoms with Crippen LogP contribution in [0.2, 0.25) is 0 Å². The molecule has 2 amide bonds. The van der Waals surface area contributed by atoms with Gasteiger partial charge in [0.1, 0.15) is 0 Å². The normalized spacial score (nSPS) is 15.3. The Labute approximate surface area is 177 Å². The molecule has 29 heavy (non-hydrogen) atoms. The van der Waals surface area contributed by atoms with Gasteiger partial charge in [-0.2, -0.15) is 0 Å². The lowest BCUT2D eigenvalue weighted by Crippen LogP contribution is -2.34. The first-order valence-corrected chi connectivity index (χ1v) is 11.2. The number of thioether (sulfide) groups is 1. The second-order valence-electron chi connectivity index (χ2n) is 8.25. The molecule has 2 N–H and O–H groups in total. The first-order valence-electron chi connectivity index (χ1n) is 10.4. The van der Waals surface area contributed by atoms with Crippen molar-refractivity contribution in [2.45, 2.75) is 57.3 Å². The van der Waals surface area contributed by atoms with Gasteiger partial charge in [0.05, 0.1) is 5.69 Å². The summed E-state index contributed by atoms with van der Waals surface area (Å²) in [6.45, 7) is 4.41. The first kappa shape index (κ1) is 21.4. The van der Waals surface area contributed by atoms with E-state index in [1.165, 1.54) is 0 Å². The third-order valence-corrected chi connectivity index (χ3v) is 6.46. The van der Waals surface area contributed by atoms with Gasteiger partial charge < -0.3 is 10.6 Å². The van der Waals surface area contributed by atoms with Gasteiger partial charge in [0.25, 0.3) is 5.24 Å². The number of carbonyl (C=O) groups is 2. The maximum absolute atomic E-state index is 13.3. The second kappa shape index (κ2) is 9.97. The van der Waals surface area contributed by atoms with E-state index in [-0.39, 0.29) is 16.6 Å². The summed E-state index contributed by atoms with van der Waals surface area (Å²) in [4.78, 5) is 26.5. The Balaban J connectivity index is 1.69. The average Bonchev–Trinajstić information content (AvgIpc) is 3.19. The Morgan fingerprint density at radius 2 is 1.62 bits per heavy atom. The molecule has 0 bridgehead atoms. The van der Waals surface area contributed by atoms with Crippen LogP contribution < -0.4 is 10.6 Å². The van der Waals surface area contributed by atoms with Crippen molar-refractivity contribution in [3.8, 4) is 0 Å². The molecule has 0 unspecified atom stereocenters. The highest BCUT2D eigenvalue weighted by Crippen LogP contribution is 2.44. The van der Waals surface area contributed by atoms with Crippen molar-refractivity contribution in [2.75, 3.05) is 10.6 Å². The molecule has 154 valence electrons. The standard InChI is InChI=1S/C24H30N2O2S/c1-18(2)14-17-24(15-8-9-16-24)22(27)26-20-12-6-7-13-21(20)29-23(28)25-19-10-4-3-5-11-19/h3-7,10-13,18H,8-9,14-17H2,1-2H3,(H,25,28)(H,26,27). The number of benzene rings is 2. The van der Waals surface area contributed by atoms with Gasteiger partial charge in [-0.3, -0.25) is 9.59 Å². The topological polar surface area (TPSA) is 58.2 Å². The molecule has 1 fully saturated rings. The zero-order chi connectivity index (χ0) is 20.7. The van der Waals surface area contributed by atoms with Crippen molar-refractivity contribution in [1.82, 2.24) is 0 Å². The van der Waals surface area contributed by atoms with E-state index in [2.05, 4.69) is 24.5 Å². The fourth-order valence-corrected chi connectivity index (χ4v) is 4.63. The van der Waals surface area contributed by atoms with E-state index in [0.29, 0.717) is 11.6 Å². The average molecular weight is 411 g/mol. The zero-order valence-electron chi connectivity index (χ0n) is 17.2. The molecule has 3 rings (SSSR count). The van der Waals surface area contributed by atoms with Crippen molar-refractivity contribution in [3.63, 3.8) is 0 Å². The lowest BCUT2D eigenvalue weighted by Gasteiger charge is -2.29. The highest BCUT2D eigenvalue weighted by Gasteiger charge is 2.40. The summed E-state index contributed by atoms with van der Waals surface area (Å²) in [5.74, 6) is 0.692. The summed E-state index contributed by atoms with van der Waals surface area (Å²) in [6.07, 6.45) is 6.12. The smallest absolute Gasteiger partial charge is 0.288 e. The van der Waals surface area contributed by atoms with Gasteiger partial charge in [0, 0.05) is 16.0 Å². The summed E-state index contributed by atoms with van der Waals surface area (Å²) in [5.41, 5.74) is 1.19. The summed E-state index contributed by atoms with van der Waals surface area (Å²) in [5, 5.41) is 5.85. The summed E-state index contributed by atoms with van der Waals surface area (Å²) >= 11 is 1.10. The number of hydrogen-bond donors (Lipinski definition) is 2. The molecule has 4 nitrogen and oxygen atoms in total. The molecule has 0 saturated heterocycles. The maximum atomic E-state index is 13.3. The maximum Gasteiger partial charge on any atom is 0.288 e. The van der Waals surface area contributed by atoms with Gasteiger partial charge in [0.15, 0.2) is 0 Å². The van der Waals surface area contributed by atoms with E-state index >= 15 is 0 Å². The van der Waals surface area contributed by atoms with Gasteiger partial charge in [-0.1, -0.05) is 57.0 Å². The minimum atomic E-state index is -0.269. The number of carbonyl (C=O) groups excluding carboxylic acids is 2. The summed E-state index contributed by atoms with van der Waals surface area (Å²) in [7, 11) is 0. The summed E-state index contributed by atoms with van der Waals surface area (Å²) in [6, 6.07) is 16.9. The first-order chi connectivity index (χ1) is 14.0. The van der Waals surface area contributed by atoms with Crippen LogP contribution >= 0.6 is 11.8 Å². The van der Waals surface area contributed by atoms with Crippen LogP contribution in [-0.4, -0.2) is 11.1 Å². The van der Waals surface area contributed by atoms with Crippen LogP contribution in [0.4, 0.5) is 16.2 Å². The van der Waals surface area contributed by atoms with Crippen LogP contribution in [0.15, 0.2) is 59.5 Å². The van der Waals surface area contributed by atoms with Crippen LogP contribution in [0.3, 0.4) is 0 Å². The third kappa shape index (κ3) is 5.86. The van der Waals surface area contributed by atoms with E-state index in [4.69, 9.17) is 0 Å². The largest absolute Gasteiger partial charge is 0.325 e. The Kier molecular flexibility index (Phi) is 7.37. The highest BCUT2D eigenvalue weighted by molar-refractivity contribution is 8.14. The van der Waals surface area contributed by atoms with Gasteiger partial charge in [0.2, 0.25) is 5.91 Å². The van der Waals surface area contributed by atoms with Crippen LogP contribution in [0, 0.1) is 11.3 Å². The van der Waals surface area contributed by atoms with Crippen LogP contribution in [0.5, 0.6) is 0 Å². The molecule has 5 heteroatoms. The molecule has 1 aliphatic carbocycles. The van der Waals surface area contributed by atoms with Gasteiger partial charge in [-0.05, 0) is 67.6 Å². The molecular weight excluding hydrogens is 380 g/mol. The highest BCUT2D eigenvalue weighted by atomic mass is 32.2. The predicted molar refractivity (Wildman–Crippen MR) is 121 cm³/mol. The van der Waals surface area contributed by atoms with Gasteiger partial charge >= 0.3 is 0 Å². The van der Waals surface area contributed by atoms with Crippen molar-refractivity contribution >= 4 is 34.3 Å². The molecule has 0 radical (unpaired) electrons. The molecule has 0 aromatic heterocycles. The fourth-order valence-electron chi connectivity index (χ4n) is 3.89. The van der Waals surface area contributed by atoms with Crippen molar-refractivity contribution in [2.24, 2.45) is 11.3 Å². The molecule has 1 saturated carbocycles. The van der Waals surface area contributed by atoms with Crippen LogP contribution in [-0.2, 0) is 4.79 Å². The van der Waals surface area contributed by atoms with Gasteiger partial charge in [-0.15, -0.1) is 0 Å². The molecule has 2 aromatic carbocycles. The number of rotatable bonds is 7. The van der Waals surface area contributed by atoms with E-state index in [1.807, 2.05) is 54.6 Å². The molecule has 0 atom stereocenters. The lowest BCUT2D eigenvalue weighted by atomic mass is 9.79. The molecule has 1 aliphatic rings. The van der Waals surface area contributed by atoms with Crippen molar-refractivity contribution in [1.29, 1.82) is 0 Å². The second-order valence-corrected chi connectivity index (χ2v) is 9.27. The molecule has 2 aromatic rings. The Hall–Kier alpha value is -2.27. The predicted octanol–water partition coefficient (Wildman–Crippen LogP) is 6.95. The number of para-hydroxylation sites is 2.